The standard InChI is InChI=1S/C24H27N3O4/c1-16(2)14-27-23(29)20-13-9-8-12-19(20)21(25-27)24(30)31-17(3)22(28)26(4)15-18-10-6-5-7-11-18/h5-13,16-17H,14-15H2,1-4H3/t17-/m1/s1. The molecule has 0 saturated carbocycles. The van der Waals surface area contributed by atoms with Crippen LogP contribution in [0.3, 0.4) is 0 Å². The number of esters is 1. The Morgan fingerprint density at radius 1 is 1.00 bits per heavy atom. The zero-order valence-corrected chi connectivity index (χ0v) is 18.2. The first kappa shape index (κ1) is 22.2. The first-order valence-corrected chi connectivity index (χ1v) is 10.3. The number of hydrogen-bond acceptors (Lipinski definition) is 5. The Balaban J connectivity index is 1.83. The predicted molar refractivity (Wildman–Crippen MR) is 119 cm³/mol. The number of fused-ring (bicyclic) bond motifs is 1. The predicted octanol–water partition coefficient (Wildman–Crippen LogP) is 3.26. The van der Waals surface area contributed by atoms with Crippen LogP contribution in [0.5, 0.6) is 0 Å². The second-order valence-electron chi connectivity index (χ2n) is 8.00. The summed E-state index contributed by atoms with van der Waals surface area (Å²) < 4.78 is 6.75. The number of likely N-dealkylation sites (N-methyl/N-ethyl adjacent to an activating group) is 1. The first-order valence-electron chi connectivity index (χ1n) is 10.3. The first-order chi connectivity index (χ1) is 14.8. The molecule has 1 heterocycles. The Labute approximate surface area is 181 Å². The molecule has 0 fully saturated rings. The maximum atomic E-state index is 12.9. The van der Waals surface area contributed by atoms with Crippen molar-refractivity contribution in [3.05, 3.63) is 76.2 Å². The summed E-state index contributed by atoms with van der Waals surface area (Å²) in [6.45, 7) is 6.24. The van der Waals surface area contributed by atoms with Crippen LogP contribution in [-0.4, -0.2) is 39.7 Å². The van der Waals surface area contributed by atoms with Gasteiger partial charge in [0.25, 0.3) is 11.5 Å². The molecule has 3 rings (SSSR count). The van der Waals surface area contributed by atoms with Crippen molar-refractivity contribution in [1.29, 1.82) is 0 Å². The van der Waals surface area contributed by atoms with E-state index < -0.39 is 12.1 Å². The Hall–Kier alpha value is -3.48. The molecule has 31 heavy (non-hydrogen) atoms. The van der Waals surface area contributed by atoms with Crippen molar-refractivity contribution in [2.45, 2.75) is 40.0 Å². The van der Waals surface area contributed by atoms with E-state index in [9.17, 15) is 14.4 Å². The number of amides is 1. The van der Waals surface area contributed by atoms with Crippen LogP contribution in [0, 0.1) is 5.92 Å². The Morgan fingerprint density at radius 2 is 1.61 bits per heavy atom. The minimum absolute atomic E-state index is 0.0289. The van der Waals surface area contributed by atoms with Crippen LogP contribution in [0.15, 0.2) is 59.4 Å². The van der Waals surface area contributed by atoms with E-state index >= 15 is 0 Å². The van der Waals surface area contributed by atoms with E-state index in [1.165, 1.54) is 16.5 Å². The topological polar surface area (TPSA) is 81.5 Å². The smallest absolute Gasteiger partial charge is 0.360 e. The van der Waals surface area contributed by atoms with E-state index in [1.54, 1.807) is 31.3 Å². The van der Waals surface area contributed by atoms with Crippen molar-refractivity contribution in [1.82, 2.24) is 14.7 Å². The molecule has 0 saturated heterocycles. The average Bonchev–Trinajstić information content (AvgIpc) is 2.75. The third-order valence-electron chi connectivity index (χ3n) is 4.87. The lowest BCUT2D eigenvalue weighted by Gasteiger charge is -2.22. The monoisotopic (exact) mass is 421 g/mol. The van der Waals surface area contributed by atoms with Gasteiger partial charge in [-0.15, -0.1) is 0 Å². The summed E-state index contributed by atoms with van der Waals surface area (Å²) in [6, 6.07) is 16.4. The zero-order chi connectivity index (χ0) is 22.5. The molecule has 1 aromatic heterocycles. The summed E-state index contributed by atoms with van der Waals surface area (Å²) in [4.78, 5) is 39.9. The summed E-state index contributed by atoms with van der Waals surface area (Å²) in [7, 11) is 1.66. The van der Waals surface area contributed by atoms with Crippen LogP contribution in [0.1, 0.15) is 36.8 Å². The van der Waals surface area contributed by atoms with Crippen LogP contribution in [0.2, 0.25) is 0 Å². The number of carbonyl (C=O) groups excluding carboxylic acids is 2. The van der Waals surface area contributed by atoms with E-state index in [4.69, 9.17) is 4.74 Å². The van der Waals surface area contributed by atoms with Gasteiger partial charge in [0.15, 0.2) is 11.8 Å². The van der Waals surface area contributed by atoms with E-state index in [1.807, 2.05) is 44.2 Å². The van der Waals surface area contributed by atoms with E-state index in [2.05, 4.69) is 5.10 Å². The molecule has 0 spiro atoms. The van der Waals surface area contributed by atoms with Crippen molar-refractivity contribution in [2.75, 3.05) is 7.05 Å². The lowest BCUT2D eigenvalue weighted by atomic mass is 10.1. The summed E-state index contributed by atoms with van der Waals surface area (Å²) in [6.07, 6.45) is -0.993. The zero-order valence-electron chi connectivity index (χ0n) is 18.2. The molecule has 0 aliphatic rings. The normalized spacial score (nSPS) is 12.0. The Kier molecular flexibility index (Phi) is 6.84. The summed E-state index contributed by atoms with van der Waals surface area (Å²) >= 11 is 0. The number of carbonyl (C=O) groups is 2. The third-order valence-corrected chi connectivity index (χ3v) is 4.87. The second-order valence-corrected chi connectivity index (χ2v) is 8.00. The molecule has 0 radical (unpaired) electrons. The van der Waals surface area contributed by atoms with Crippen molar-refractivity contribution in [3.8, 4) is 0 Å². The van der Waals surface area contributed by atoms with Gasteiger partial charge in [0.1, 0.15) is 0 Å². The van der Waals surface area contributed by atoms with Gasteiger partial charge in [-0.3, -0.25) is 9.59 Å². The van der Waals surface area contributed by atoms with Gasteiger partial charge in [-0.1, -0.05) is 62.4 Å². The minimum Gasteiger partial charge on any atom is -0.448 e. The fourth-order valence-corrected chi connectivity index (χ4v) is 3.37. The number of ether oxygens (including phenoxy) is 1. The molecule has 0 bridgehead atoms. The highest BCUT2D eigenvalue weighted by Crippen LogP contribution is 2.16. The number of nitrogens with zero attached hydrogens (tertiary/aromatic N) is 3. The fraction of sp³-hybridized carbons (Fsp3) is 0.333. The average molecular weight is 421 g/mol. The maximum absolute atomic E-state index is 12.9. The van der Waals surface area contributed by atoms with Gasteiger partial charge < -0.3 is 9.64 Å². The molecule has 7 heteroatoms. The van der Waals surface area contributed by atoms with Gasteiger partial charge in [-0.05, 0) is 24.5 Å². The molecule has 0 aliphatic carbocycles. The van der Waals surface area contributed by atoms with Crippen LogP contribution in [-0.2, 0) is 22.6 Å². The van der Waals surface area contributed by atoms with Crippen LogP contribution >= 0.6 is 0 Å². The highest BCUT2D eigenvalue weighted by Gasteiger charge is 2.25. The van der Waals surface area contributed by atoms with Crippen LogP contribution < -0.4 is 5.56 Å². The summed E-state index contributed by atoms with van der Waals surface area (Å²) in [5, 5.41) is 5.08. The SMILES string of the molecule is CC(C)Cn1nc(C(=O)O[C@H](C)C(=O)N(C)Cc2ccccc2)c2ccccc2c1=O. The summed E-state index contributed by atoms with van der Waals surface area (Å²) in [5.41, 5.74) is 0.749. The van der Waals surface area contributed by atoms with Crippen LogP contribution in [0.4, 0.5) is 0 Å². The van der Waals surface area contributed by atoms with E-state index in [0.717, 1.165) is 5.56 Å². The number of benzene rings is 2. The highest BCUT2D eigenvalue weighted by molar-refractivity contribution is 6.02. The van der Waals surface area contributed by atoms with Crippen molar-refractivity contribution < 1.29 is 14.3 Å². The second kappa shape index (κ2) is 9.55. The molecule has 1 amide bonds. The molecular weight excluding hydrogens is 394 g/mol. The van der Waals surface area contributed by atoms with Gasteiger partial charge in [0.05, 0.1) is 5.39 Å². The molecule has 0 aliphatic heterocycles. The number of rotatable bonds is 7. The molecule has 162 valence electrons. The lowest BCUT2D eigenvalue weighted by Crippen LogP contribution is -2.37. The summed E-state index contributed by atoms with van der Waals surface area (Å²) in [5.74, 6) is -0.887. The molecule has 0 N–H and O–H groups in total. The molecule has 3 aromatic rings. The van der Waals surface area contributed by atoms with E-state index in [0.29, 0.717) is 23.9 Å². The molecular formula is C24H27N3O4. The Bertz CT molecular complexity index is 1140. The number of hydrogen-bond donors (Lipinski definition) is 0. The Morgan fingerprint density at radius 3 is 2.26 bits per heavy atom. The van der Waals surface area contributed by atoms with Gasteiger partial charge in [0.2, 0.25) is 0 Å². The fourth-order valence-electron chi connectivity index (χ4n) is 3.37. The van der Waals surface area contributed by atoms with Gasteiger partial charge in [-0.25, -0.2) is 9.48 Å². The van der Waals surface area contributed by atoms with Gasteiger partial charge >= 0.3 is 5.97 Å². The minimum atomic E-state index is -0.993. The van der Waals surface area contributed by atoms with Gasteiger partial charge in [0, 0.05) is 25.5 Å². The third kappa shape index (κ3) is 5.17. The van der Waals surface area contributed by atoms with E-state index in [-0.39, 0.29) is 23.1 Å². The molecule has 7 nitrogen and oxygen atoms in total. The highest BCUT2D eigenvalue weighted by atomic mass is 16.5. The van der Waals surface area contributed by atoms with Crippen LogP contribution in [0.25, 0.3) is 10.8 Å². The largest absolute Gasteiger partial charge is 0.448 e. The maximum Gasteiger partial charge on any atom is 0.360 e. The molecule has 2 aromatic carbocycles. The number of aromatic nitrogens is 2. The van der Waals surface area contributed by atoms with Crippen molar-refractivity contribution >= 4 is 22.6 Å². The van der Waals surface area contributed by atoms with Crippen molar-refractivity contribution in [3.63, 3.8) is 0 Å². The molecule has 0 unspecified atom stereocenters. The quantitative estimate of drug-likeness (QED) is 0.547. The van der Waals surface area contributed by atoms with Crippen molar-refractivity contribution in [2.24, 2.45) is 5.92 Å². The van der Waals surface area contributed by atoms with Gasteiger partial charge in [-0.2, -0.15) is 5.10 Å². The lowest BCUT2D eigenvalue weighted by molar-refractivity contribution is -0.139. The molecule has 1 atom stereocenters.